The third-order valence-electron chi connectivity index (χ3n) is 4.12. The second kappa shape index (κ2) is 5.77. The molecule has 0 saturated carbocycles. The lowest BCUT2D eigenvalue weighted by Gasteiger charge is -2.36. The molecule has 0 bridgehead atoms. The standard InChI is InChI=1S/C14H17N3O4/c18-13(17-3-4-21-7-12(17)14(19)20)9-1-2-11-10(5-9)6-15-8-16-11/h6,8-9,12H,1-5,7H2,(H,19,20). The van der Waals surface area contributed by atoms with Crippen molar-refractivity contribution in [2.45, 2.75) is 25.3 Å². The Bertz CT molecular complexity index is 563. The van der Waals surface area contributed by atoms with Crippen LogP contribution in [0.4, 0.5) is 0 Å². The van der Waals surface area contributed by atoms with Crippen molar-refractivity contribution < 1.29 is 19.4 Å². The summed E-state index contributed by atoms with van der Waals surface area (Å²) in [4.78, 5) is 33.6. The molecule has 0 spiro atoms. The van der Waals surface area contributed by atoms with Crippen LogP contribution in [0, 0.1) is 5.92 Å². The van der Waals surface area contributed by atoms with Gasteiger partial charge in [0.25, 0.3) is 0 Å². The number of aryl methyl sites for hydroxylation is 1. The van der Waals surface area contributed by atoms with Gasteiger partial charge in [-0.15, -0.1) is 0 Å². The fraction of sp³-hybridized carbons (Fsp3) is 0.571. The van der Waals surface area contributed by atoms with E-state index >= 15 is 0 Å². The molecule has 2 aliphatic rings. The van der Waals surface area contributed by atoms with Crippen molar-refractivity contribution in [1.29, 1.82) is 0 Å². The van der Waals surface area contributed by atoms with Crippen LogP contribution in [-0.2, 0) is 27.2 Å². The summed E-state index contributed by atoms with van der Waals surface area (Å²) in [6.45, 7) is 0.792. The van der Waals surface area contributed by atoms with Crippen LogP contribution in [-0.4, -0.2) is 57.7 Å². The van der Waals surface area contributed by atoms with E-state index in [1.807, 2.05) is 0 Å². The molecular weight excluding hydrogens is 274 g/mol. The number of carbonyl (C=O) groups is 2. The highest BCUT2D eigenvalue weighted by molar-refractivity contribution is 5.85. The lowest BCUT2D eigenvalue weighted by molar-refractivity contribution is -0.160. The van der Waals surface area contributed by atoms with E-state index in [2.05, 4.69) is 9.97 Å². The number of amides is 1. The zero-order chi connectivity index (χ0) is 14.8. The Labute approximate surface area is 121 Å². The molecular formula is C14H17N3O4. The third kappa shape index (κ3) is 2.73. The molecule has 3 rings (SSSR count). The Morgan fingerprint density at radius 3 is 3.10 bits per heavy atom. The first kappa shape index (κ1) is 13.9. The Kier molecular flexibility index (Phi) is 3.83. The average Bonchev–Trinajstić information content (AvgIpc) is 2.53. The van der Waals surface area contributed by atoms with Crippen molar-refractivity contribution >= 4 is 11.9 Å². The number of aliphatic carboxylic acids is 1. The van der Waals surface area contributed by atoms with Crippen LogP contribution in [0.15, 0.2) is 12.5 Å². The number of ether oxygens (including phenoxy) is 1. The molecule has 0 aromatic carbocycles. The van der Waals surface area contributed by atoms with Crippen molar-refractivity contribution in [1.82, 2.24) is 14.9 Å². The van der Waals surface area contributed by atoms with E-state index in [1.54, 1.807) is 6.20 Å². The number of carboxylic acids is 1. The molecule has 0 radical (unpaired) electrons. The topological polar surface area (TPSA) is 92.6 Å². The quantitative estimate of drug-likeness (QED) is 0.817. The summed E-state index contributed by atoms with van der Waals surface area (Å²) in [6.07, 6.45) is 5.28. The molecule has 1 N–H and O–H groups in total. The molecule has 1 aromatic heterocycles. The summed E-state index contributed by atoms with van der Waals surface area (Å²) in [5.41, 5.74) is 1.98. The maximum Gasteiger partial charge on any atom is 0.328 e. The minimum absolute atomic E-state index is 0.0630. The summed E-state index contributed by atoms with van der Waals surface area (Å²) < 4.78 is 5.17. The van der Waals surface area contributed by atoms with Gasteiger partial charge in [0.1, 0.15) is 6.33 Å². The molecule has 1 aromatic rings. The van der Waals surface area contributed by atoms with Gasteiger partial charge in [-0.3, -0.25) is 4.79 Å². The molecule has 2 heterocycles. The van der Waals surface area contributed by atoms with Crippen molar-refractivity contribution in [2.24, 2.45) is 5.92 Å². The highest BCUT2D eigenvalue weighted by Crippen LogP contribution is 2.26. The molecule has 1 fully saturated rings. The fourth-order valence-electron chi connectivity index (χ4n) is 2.98. The van der Waals surface area contributed by atoms with Crippen molar-refractivity contribution in [3.8, 4) is 0 Å². The van der Waals surface area contributed by atoms with Crippen LogP contribution < -0.4 is 0 Å². The predicted molar refractivity (Wildman–Crippen MR) is 71.5 cm³/mol. The van der Waals surface area contributed by atoms with Gasteiger partial charge < -0.3 is 14.7 Å². The number of hydrogen-bond acceptors (Lipinski definition) is 5. The summed E-state index contributed by atoms with van der Waals surface area (Å²) >= 11 is 0. The van der Waals surface area contributed by atoms with E-state index in [4.69, 9.17) is 4.74 Å². The third-order valence-corrected chi connectivity index (χ3v) is 4.12. The van der Waals surface area contributed by atoms with Crippen LogP contribution in [0.2, 0.25) is 0 Å². The first-order valence-electron chi connectivity index (χ1n) is 7.05. The highest BCUT2D eigenvalue weighted by atomic mass is 16.5. The monoisotopic (exact) mass is 291 g/mol. The highest BCUT2D eigenvalue weighted by Gasteiger charge is 2.37. The number of nitrogens with zero attached hydrogens (tertiary/aromatic N) is 3. The van der Waals surface area contributed by atoms with Gasteiger partial charge in [0, 0.05) is 24.4 Å². The van der Waals surface area contributed by atoms with E-state index < -0.39 is 12.0 Å². The normalized spacial score (nSPS) is 25.2. The zero-order valence-electron chi connectivity index (χ0n) is 11.6. The van der Waals surface area contributed by atoms with Gasteiger partial charge >= 0.3 is 5.97 Å². The van der Waals surface area contributed by atoms with Gasteiger partial charge in [-0.25, -0.2) is 14.8 Å². The van der Waals surface area contributed by atoms with Gasteiger partial charge in [0.05, 0.1) is 13.2 Å². The maximum atomic E-state index is 12.6. The lowest BCUT2D eigenvalue weighted by atomic mass is 9.86. The molecule has 112 valence electrons. The molecule has 1 saturated heterocycles. The van der Waals surface area contributed by atoms with Crippen LogP contribution >= 0.6 is 0 Å². The van der Waals surface area contributed by atoms with Gasteiger partial charge in [-0.2, -0.15) is 0 Å². The minimum Gasteiger partial charge on any atom is -0.480 e. The first-order chi connectivity index (χ1) is 10.2. The maximum absolute atomic E-state index is 12.6. The Morgan fingerprint density at radius 2 is 2.29 bits per heavy atom. The molecule has 2 unspecified atom stereocenters. The Hall–Kier alpha value is -2.02. The molecule has 21 heavy (non-hydrogen) atoms. The van der Waals surface area contributed by atoms with Crippen LogP contribution in [0.25, 0.3) is 0 Å². The predicted octanol–water partition coefficient (Wildman–Crippen LogP) is -0.107. The number of aromatic nitrogens is 2. The average molecular weight is 291 g/mol. The van der Waals surface area contributed by atoms with Gasteiger partial charge in [0.15, 0.2) is 6.04 Å². The largest absolute Gasteiger partial charge is 0.480 e. The number of carbonyl (C=O) groups excluding carboxylic acids is 1. The van der Waals surface area contributed by atoms with E-state index in [0.717, 1.165) is 17.7 Å². The van der Waals surface area contributed by atoms with Crippen LogP contribution in [0.3, 0.4) is 0 Å². The smallest absolute Gasteiger partial charge is 0.328 e. The van der Waals surface area contributed by atoms with Crippen LogP contribution in [0.1, 0.15) is 17.7 Å². The first-order valence-corrected chi connectivity index (χ1v) is 7.05. The zero-order valence-corrected chi connectivity index (χ0v) is 11.6. The van der Waals surface area contributed by atoms with Gasteiger partial charge in [-0.05, 0) is 24.8 Å². The summed E-state index contributed by atoms with van der Waals surface area (Å²) in [7, 11) is 0. The van der Waals surface area contributed by atoms with E-state index in [1.165, 1.54) is 11.2 Å². The molecule has 2 atom stereocenters. The van der Waals surface area contributed by atoms with Crippen molar-refractivity contribution in [3.63, 3.8) is 0 Å². The van der Waals surface area contributed by atoms with E-state index in [-0.39, 0.29) is 18.4 Å². The molecule has 7 heteroatoms. The van der Waals surface area contributed by atoms with Crippen molar-refractivity contribution in [2.75, 3.05) is 19.8 Å². The molecule has 1 aliphatic carbocycles. The summed E-state index contributed by atoms with van der Waals surface area (Å²) in [5.74, 6) is -1.30. The minimum atomic E-state index is -1.01. The second-order valence-electron chi connectivity index (χ2n) is 5.39. The second-order valence-corrected chi connectivity index (χ2v) is 5.39. The van der Waals surface area contributed by atoms with E-state index in [9.17, 15) is 14.7 Å². The lowest BCUT2D eigenvalue weighted by Crippen LogP contribution is -2.54. The summed E-state index contributed by atoms with van der Waals surface area (Å²) in [5, 5.41) is 9.22. The molecule has 1 amide bonds. The van der Waals surface area contributed by atoms with Gasteiger partial charge in [-0.1, -0.05) is 0 Å². The number of hydrogen-bond donors (Lipinski definition) is 1. The Balaban J connectivity index is 1.75. The van der Waals surface area contributed by atoms with Crippen molar-refractivity contribution in [3.05, 3.63) is 23.8 Å². The summed E-state index contributed by atoms with van der Waals surface area (Å²) in [6, 6.07) is -0.875. The molecule has 7 nitrogen and oxygen atoms in total. The number of fused-ring (bicyclic) bond motifs is 1. The number of rotatable bonds is 2. The SMILES string of the molecule is O=C(O)C1COCCN1C(=O)C1CCc2ncncc2C1. The number of carboxylic acid groups (broad SMARTS) is 1. The van der Waals surface area contributed by atoms with Gasteiger partial charge in [0.2, 0.25) is 5.91 Å². The number of morpholine rings is 1. The molecule has 1 aliphatic heterocycles. The van der Waals surface area contributed by atoms with Crippen LogP contribution in [0.5, 0.6) is 0 Å². The Morgan fingerprint density at radius 1 is 1.43 bits per heavy atom. The fourth-order valence-corrected chi connectivity index (χ4v) is 2.98. The van der Waals surface area contributed by atoms with E-state index in [0.29, 0.717) is 26.0 Å².